The summed E-state index contributed by atoms with van der Waals surface area (Å²) in [4.78, 5) is 28.2. The van der Waals surface area contributed by atoms with Crippen molar-refractivity contribution in [1.82, 2.24) is 24.9 Å². The minimum atomic E-state index is -0.766. The van der Waals surface area contributed by atoms with E-state index in [1.165, 1.54) is 0 Å². The van der Waals surface area contributed by atoms with Crippen molar-refractivity contribution < 1.29 is 14.7 Å². The molecule has 0 unspecified atom stereocenters. The van der Waals surface area contributed by atoms with Gasteiger partial charge in [-0.15, -0.1) is 0 Å². The van der Waals surface area contributed by atoms with E-state index in [2.05, 4.69) is 22.2 Å². The Morgan fingerprint density at radius 3 is 2.69 bits per heavy atom. The van der Waals surface area contributed by atoms with Crippen LogP contribution in [0.15, 0.2) is 12.3 Å². The van der Waals surface area contributed by atoms with Gasteiger partial charge in [0.2, 0.25) is 5.91 Å². The lowest BCUT2D eigenvalue weighted by Crippen LogP contribution is -2.50. The molecule has 3 heterocycles. The molecular formula is C21H35N5O3. The molecule has 8 heteroatoms. The molecule has 0 saturated carbocycles. The molecule has 1 atom stereocenters. The van der Waals surface area contributed by atoms with Crippen molar-refractivity contribution >= 4 is 11.8 Å². The Kier molecular flexibility index (Phi) is 7.29. The number of aliphatic hydroxyl groups is 1. The van der Waals surface area contributed by atoms with E-state index in [1.807, 2.05) is 15.8 Å². The van der Waals surface area contributed by atoms with Crippen molar-refractivity contribution in [1.29, 1.82) is 0 Å². The maximum atomic E-state index is 12.8. The normalized spacial score (nSPS) is 24.3. The largest absolute Gasteiger partial charge is 0.388 e. The summed E-state index contributed by atoms with van der Waals surface area (Å²) in [5, 5.41) is 18.6. The van der Waals surface area contributed by atoms with Crippen LogP contribution in [-0.2, 0) is 11.3 Å². The summed E-state index contributed by atoms with van der Waals surface area (Å²) in [6.07, 6.45) is 6.75. The lowest BCUT2D eigenvalue weighted by molar-refractivity contribution is -0.120. The van der Waals surface area contributed by atoms with Crippen molar-refractivity contribution in [2.75, 3.05) is 32.7 Å². The zero-order valence-electron chi connectivity index (χ0n) is 17.8. The third-order valence-corrected chi connectivity index (χ3v) is 6.03. The van der Waals surface area contributed by atoms with Crippen LogP contribution in [0.4, 0.5) is 0 Å². The van der Waals surface area contributed by atoms with Gasteiger partial charge in [-0.3, -0.25) is 14.3 Å². The summed E-state index contributed by atoms with van der Waals surface area (Å²) in [6, 6.07) is 2.03. The van der Waals surface area contributed by atoms with Crippen LogP contribution in [-0.4, -0.2) is 80.9 Å². The van der Waals surface area contributed by atoms with Gasteiger partial charge >= 0.3 is 0 Å². The van der Waals surface area contributed by atoms with E-state index in [0.29, 0.717) is 38.2 Å². The van der Waals surface area contributed by atoms with E-state index in [0.717, 1.165) is 45.3 Å². The first kappa shape index (κ1) is 21.8. The molecule has 29 heavy (non-hydrogen) atoms. The molecular weight excluding hydrogens is 370 g/mol. The first-order valence-corrected chi connectivity index (χ1v) is 10.9. The predicted molar refractivity (Wildman–Crippen MR) is 111 cm³/mol. The maximum Gasteiger partial charge on any atom is 0.274 e. The van der Waals surface area contributed by atoms with E-state index in [1.54, 1.807) is 13.0 Å². The summed E-state index contributed by atoms with van der Waals surface area (Å²) in [5.41, 5.74) is -0.277. The lowest BCUT2D eigenvalue weighted by atomic mass is 9.93. The van der Waals surface area contributed by atoms with Crippen LogP contribution >= 0.6 is 0 Å². The number of rotatable bonds is 6. The molecule has 162 valence electrons. The zero-order chi connectivity index (χ0) is 20.9. The summed E-state index contributed by atoms with van der Waals surface area (Å²) in [5.74, 6) is -0.0182. The lowest BCUT2D eigenvalue weighted by Gasteiger charge is -2.38. The molecule has 0 spiro atoms. The smallest absolute Gasteiger partial charge is 0.274 e. The number of piperidine rings is 1. The fraction of sp³-hybridized carbons (Fsp3) is 0.762. The molecule has 0 radical (unpaired) electrons. The molecule has 2 saturated heterocycles. The number of amides is 2. The van der Waals surface area contributed by atoms with E-state index >= 15 is 0 Å². The number of β-amino-alcohol motifs (C(OH)–C–C–N with tert-alkyl or cyclic N) is 1. The monoisotopic (exact) mass is 405 g/mol. The number of aryl methyl sites for hydroxylation is 1. The Hall–Kier alpha value is -1.93. The van der Waals surface area contributed by atoms with Crippen molar-refractivity contribution in [3.63, 3.8) is 0 Å². The van der Waals surface area contributed by atoms with E-state index in [-0.39, 0.29) is 17.9 Å². The minimum Gasteiger partial charge on any atom is -0.388 e. The standard InChI is InChI=1S/C21H35N5O3/c1-3-10-26-14-7-19(23-26)20(28)25-11-4-8-21(29,9-15-25)16-24-12-5-18(6-13-24)22-17(2)27/h7,14,18,29H,3-6,8-13,15-16H2,1-2H3,(H,22,27)/t21-/m0/s1. The highest BCUT2D eigenvalue weighted by Gasteiger charge is 2.35. The number of carbonyl (C=O) groups excluding carboxylic acids is 2. The number of nitrogens with zero attached hydrogens (tertiary/aromatic N) is 4. The van der Waals surface area contributed by atoms with Crippen LogP contribution in [0.5, 0.6) is 0 Å². The molecule has 2 amide bonds. The molecule has 1 aromatic rings. The van der Waals surface area contributed by atoms with Crippen LogP contribution in [0, 0.1) is 0 Å². The van der Waals surface area contributed by atoms with Crippen LogP contribution in [0.25, 0.3) is 0 Å². The van der Waals surface area contributed by atoms with Gasteiger partial charge in [0.05, 0.1) is 5.60 Å². The van der Waals surface area contributed by atoms with Crippen molar-refractivity contribution in [2.45, 2.75) is 70.6 Å². The van der Waals surface area contributed by atoms with Gasteiger partial charge in [0, 0.05) is 58.4 Å². The van der Waals surface area contributed by atoms with Crippen LogP contribution in [0.1, 0.15) is 62.9 Å². The van der Waals surface area contributed by atoms with E-state index in [9.17, 15) is 14.7 Å². The number of carbonyl (C=O) groups is 2. The molecule has 0 bridgehead atoms. The van der Waals surface area contributed by atoms with E-state index in [4.69, 9.17) is 0 Å². The topological polar surface area (TPSA) is 90.7 Å². The Balaban J connectivity index is 1.50. The summed E-state index contributed by atoms with van der Waals surface area (Å²) < 4.78 is 1.81. The minimum absolute atomic E-state index is 0.0233. The van der Waals surface area contributed by atoms with Gasteiger partial charge in [0.15, 0.2) is 0 Å². The second-order valence-corrected chi connectivity index (χ2v) is 8.59. The second kappa shape index (κ2) is 9.71. The number of likely N-dealkylation sites (tertiary alicyclic amines) is 2. The molecule has 1 aromatic heterocycles. The number of hydrogen-bond donors (Lipinski definition) is 2. The van der Waals surface area contributed by atoms with Gasteiger partial charge in [0.1, 0.15) is 5.69 Å². The van der Waals surface area contributed by atoms with Gasteiger partial charge in [-0.2, -0.15) is 5.10 Å². The third-order valence-electron chi connectivity index (χ3n) is 6.03. The van der Waals surface area contributed by atoms with Crippen LogP contribution in [0.3, 0.4) is 0 Å². The van der Waals surface area contributed by atoms with Gasteiger partial charge < -0.3 is 20.2 Å². The Labute approximate surface area is 173 Å². The number of hydrogen-bond acceptors (Lipinski definition) is 5. The number of nitrogens with one attached hydrogen (secondary N) is 1. The van der Waals surface area contributed by atoms with Crippen molar-refractivity contribution in [3.05, 3.63) is 18.0 Å². The first-order valence-electron chi connectivity index (χ1n) is 10.9. The van der Waals surface area contributed by atoms with Crippen molar-refractivity contribution in [3.8, 4) is 0 Å². The molecule has 3 rings (SSSR count). The predicted octanol–water partition coefficient (Wildman–Crippen LogP) is 1.25. The first-order chi connectivity index (χ1) is 13.9. The Morgan fingerprint density at radius 1 is 1.24 bits per heavy atom. The maximum absolute atomic E-state index is 12.8. The molecule has 2 fully saturated rings. The van der Waals surface area contributed by atoms with E-state index < -0.39 is 5.60 Å². The Bertz CT molecular complexity index is 698. The summed E-state index contributed by atoms with van der Waals surface area (Å²) in [6.45, 7) is 8.06. The molecule has 2 aliphatic rings. The van der Waals surface area contributed by atoms with Gasteiger partial charge in [-0.05, 0) is 44.6 Å². The zero-order valence-corrected chi connectivity index (χ0v) is 17.8. The SMILES string of the molecule is CCCn1ccc(C(=O)N2CCC[C@@](O)(CN3CCC(NC(C)=O)CC3)CC2)n1. The molecule has 0 aromatic carbocycles. The van der Waals surface area contributed by atoms with Crippen molar-refractivity contribution in [2.24, 2.45) is 0 Å². The summed E-state index contributed by atoms with van der Waals surface area (Å²) in [7, 11) is 0. The fourth-order valence-electron chi connectivity index (χ4n) is 4.47. The highest BCUT2D eigenvalue weighted by atomic mass is 16.3. The molecule has 0 aliphatic carbocycles. The van der Waals surface area contributed by atoms with Crippen LogP contribution < -0.4 is 5.32 Å². The second-order valence-electron chi connectivity index (χ2n) is 8.59. The van der Waals surface area contributed by atoms with Gasteiger partial charge in [-0.25, -0.2) is 0 Å². The van der Waals surface area contributed by atoms with Crippen LogP contribution in [0.2, 0.25) is 0 Å². The summed E-state index contributed by atoms with van der Waals surface area (Å²) >= 11 is 0. The quantitative estimate of drug-likeness (QED) is 0.743. The average molecular weight is 406 g/mol. The highest BCUT2D eigenvalue weighted by molar-refractivity contribution is 5.92. The molecule has 2 N–H and O–H groups in total. The fourth-order valence-corrected chi connectivity index (χ4v) is 4.47. The van der Waals surface area contributed by atoms with Gasteiger partial charge in [-0.1, -0.05) is 6.92 Å². The number of aromatic nitrogens is 2. The average Bonchev–Trinajstić information content (AvgIpc) is 3.05. The highest BCUT2D eigenvalue weighted by Crippen LogP contribution is 2.26. The Morgan fingerprint density at radius 2 is 2.00 bits per heavy atom. The third kappa shape index (κ3) is 6.02. The molecule has 2 aliphatic heterocycles. The van der Waals surface area contributed by atoms with Gasteiger partial charge in [0.25, 0.3) is 5.91 Å². The molecule has 8 nitrogen and oxygen atoms in total.